The summed E-state index contributed by atoms with van der Waals surface area (Å²) in [5.74, 6) is -0.0284. The topological polar surface area (TPSA) is 88.4 Å². The fraction of sp³-hybridized carbons (Fsp3) is 0.368. The molecule has 3 rings (SSSR count). The minimum Gasteiger partial charge on any atom is -0.366 e. The van der Waals surface area contributed by atoms with Crippen molar-refractivity contribution in [2.45, 2.75) is 26.3 Å². The Morgan fingerprint density at radius 3 is 2.77 bits per heavy atom. The number of aromatic nitrogens is 1. The van der Waals surface area contributed by atoms with Crippen molar-refractivity contribution >= 4 is 17.3 Å². The second-order valence-electron chi connectivity index (χ2n) is 6.59. The zero-order valence-corrected chi connectivity index (χ0v) is 14.7. The number of aryl methyl sites for hydroxylation is 1. The van der Waals surface area contributed by atoms with E-state index in [2.05, 4.69) is 10.3 Å². The summed E-state index contributed by atoms with van der Waals surface area (Å²) < 4.78 is 0. The van der Waals surface area contributed by atoms with Crippen LogP contribution in [0.5, 0.6) is 0 Å². The Morgan fingerprint density at radius 2 is 2.12 bits per heavy atom. The molecule has 7 nitrogen and oxygen atoms in total. The molecule has 1 N–H and O–H groups in total. The summed E-state index contributed by atoms with van der Waals surface area (Å²) in [6.07, 6.45) is 4.80. The third-order valence-corrected chi connectivity index (χ3v) is 4.72. The molecule has 1 aliphatic heterocycles. The van der Waals surface area contributed by atoms with E-state index >= 15 is 0 Å². The van der Waals surface area contributed by atoms with Crippen LogP contribution in [0.15, 0.2) is 42.7 Å². The van der Waals surface area contributed by atoms with Gasteiger partial charge >= 0.3 is 0 Å². The molecule has 0 bridgehead atoms. The van der Waals surface area contributed by atoms with E-state index in [0.29, 0.717) is 38.2 Å². The first-order chi connectivity index (χ1) is 12.5. The van der Waals surface area contributed by atoms with Gasteiger partial charge in [0.25, 0.3) is 5.69 Å². The van der Waals surface area contributed by atoms with Gasteiger partial charge in [-0.3, -0.25) is 19.9 Å². The maximum atomic E-state index is 12.4. The molecule has 0 saturated carbocycles. The van der Waals surface area contributed by atoms with Crippen LogP contribution in [0.4, 0.5) is 11.4 Å². The zero-order chi connectivity index (χ0) is 18.5. The second-order valence-corrected chi connectivity index (χ2v) is 6.59. The van der Waals surface area contributed by atoms with Crippen LogP contribution >= 0.6 is 0 Å². The molecular formula is C19H22N4O3. The Kier molecular flexibility index (Phi) is 5.46. The van der Waals surface area contributed by atoms with Gasteiger partial charge in [0.1, 0.15) is 5.69 Å². The maximum Gasteiger partial charge on any atom is 0.292 e. The van der Waals surface area contributed by atoms with Crippen LogP contribution in [-0.4, -0.2) is 28.9 Å². The number of carbonyl (C=O) groups is 1. The molecule has 1 saturated heterocycles. The molecular weight excluding hydrogens is 332 g/mol. The van der Waals surface area contributed by atoms with Crippen molar-refractivity contribution in [3.63, 3.8) is 0 Å². The summed E-state index contributed by atoms with van der Waals surface area (Å²) in [5, 5.41) is 14.3. The van der Waals surface area contributed by atoms with Gasteiger partial charge in [0.15, 0.2) is 0 Å². The lowest BCUT2D eigenvalue weighted by Crippen LogP contribution is -2.40. The van der Waals surface area contributed by atoms with E-state index in [9.17, 15) is 14.9 Å². The maximum absolute atomic E-state index is 12.4. The lowest BCUT2D eigenvalue weighted by atomic mass is 9.95. The molecule has 1 aromatic heterocycles. The molecule has 26 heavy (non-hydrogen) atoms. The van der Waals surface area contributed by atoms with Gasteiger partial charge in [0, 0.05) is 44.0 Å². The monoisotopic (exact) mass is 354 g/mol. The van der Waals surface area contributed by atoms with E-state index in [0.717, 1.165) is 11.1 Å². The molecule has 1 aromatic carbocycles. The fourth-order valence-corrected chi connectivity index (χ4v) is 3.27. The number of hydrogen-bond donors (Lipinski definition) is 1. The predicted molar refractivity (Wildman–Crippen MR) is 98.9 cm³/mol. The van der Waals surface area contributed by atoms with Crippen molar-refractivity contribution in [2.75, 3.05) is 18.0 Å². The van der Waals surface area contributed by atoms with Crippen molar-refractivity contribution in [3.05, 3.63) is 64.0 Å². The van der Waals surface area contributed by atoms with Crippen LogP contribution in [0, 0.1) is 23.0 Å². The number of benzene rings is 1. The molecule has 1 aliphatic rings. The lowest BCUT2D eigenvalue weighted by molar-refractivity contribution is -0.384. The van der Waals surface area contributed by atoms with E-state index in [1.165, 1.54) is 0 Å². The molecule has 1 amide bonds. The largest absolute Gasteiger partial charge is 0.366 e. The highest BCUT2D eigenvalue weighted by Gasteiger charge is 2.28. The van der Waals surface area contributed by atoms with Gasteiger partial charge in [-0.25, -0.2) is 0 Å². The van der Waals surface area contributed by atoms with Gasteiger partial charge in [-0.1, -0.05) is 12.1 Å². The van der Waals surface area contributed by atoms with Gasteiger partial charge in [0.2, 0.25) is 5.91 Å². The van der Waals surface area contributed by atoms with Crippen LogP contribution in [0.2, 0.25) is 0 Å². The molecule has 136 valence electrons. The number of rotatable bonds is 5. The Balaban J connectivity index is 1.57. The Bertz CT molecular complexity index is 787. The number of nitrogens with zero attached hydrogens (tertiary/aromatic N) is 3. The van der Waals surface area contributed by atoms with E-state index in [-0.39, 0.29) is 22.4 Å². The van der Waals surface area contributed by atoms with E-state index < -0.39 is 0 Å². The summed E-state index contributed by atoms with van der Waals surface area (Å²) in [6, 6.07) is 9.05. The standard InChI is InChI=1S/C19H22N4O3/c1-14-4-5-17(18(11-14)23(25)26)22-9-6-16(7-10-22)19(24)21-13-15-3-2-8-20-12-15/h2-5,8,11-12,16H,6-7,9-10,13H2,1H3,(H,21,24). The SMILES string of the molecule is Cc1ccc(N2CCC(C(=O)NCc3cccnc3)CC2)c([N+](=O)[O-])c1. The number of nitro benzene ring substituents is 1. The number of piperidine rings is 1. The third kappa shape index (κ3) is 4.17. The van der Waals surface area contributed by atoms with Gasteiger partial charge in [-0.15, -0.1) is 0 Å². The first-order valence-corrected chi connectivity index (χ1v) is 8.71. The minimum absolute atomic E-state index is 0.0342. The summed E-state index contributed by atoms with van der Waals surface area (Å²) >= 11 is 0. The predicted octanol–water partition coefficient (Wildman–Crippen LogP) is 2.83. The summed E-state index contributed by atoms with van der Waals surface area (Å²) in [5.41, 5.74) is 2.60. The first-order valence-electron chi connectivity index (χ1n) is 8.71. The summed E-state index contributed by atoms with van der Waals surface area (Å²) in [7, 11) is 0. The molecule has 0 aliphatic carbocycles. The highest BCUT2D eigenvalue weighted by Crippen LogP contribution is 2.32. The van der Waals surface area contributed by atoms with Crippen LogP contribution < -0.4 is 10.2 Å². The van der Waals surface area contributed by atoms with Gasteiger partial charge in [-0.2, -0.15) is 0 Å². The Morgan fingerprint density at radius 1 is 1.35 bits per heavy atom. The summed E-state index contributed by atoms with van der Waals surface area (Å²) in [4.78, 5) is 29.4. The Labute approximate surface area is 152 Å². The Hall–Kier alpha value is -2.96. The first kappa shape index (κ1) is 17.8. The van der Waals surface area contributed by atoms with Gasteiger partial charge < -0.3 is 10.2 Å². The van der Waals surface area contributed by atoms with Crippen molar-refractivity contribution in [1.29, 1.82) is 0 Å². The fourth-order valence-electron chi connectivity index (χ4n) is 3.27. The number of amides is 1. The minimum atomic E-state index is -0.338. The van der Waals surface area contributed by atoms with Crippen LogP contribution in [0.3, 0.4) is 0 Å². The van der Waals surface area contributed by atoms with E-state index in [4.69, 9.17) is 0 Å². The van der Waals surface area contributed by atoms with Crippen molar-refractivity contribution < 1.29 is 9.72 Å². The average molecular weight is 354 g/mol. The van der Waals surface area contributed by atoms with Crippen LogP contribution in [0.25, 0.3) is 0 Å². The van der Waals surface area contributed by atoms with E-state index in [1.54, 1.807) is 24.5 Å². The number of nitrogens with one attached hydrogen (secondary N) is 1. The number of pyridine rings is 1. The zero-order valence-electron chi connectivity index (χ0n) is 14.7. The van der Waals surface area contributed by atoms with Crippen molar-refractivity contribution in [1.82, 2.24) is 10.3 Å². The second kappa shape index (κ2) is 7.95. The van der Waals surface area contributed by atoms with Crippen LogP contribution in [0.1, 0.15) is 24.0 Å². The van der Waals surface area contributed by atoms with Gasteiger partial charge in [0.05, 0.1) is 4.92 Å². The number of anilines is 1. The molecule has 2 aromatic rings. The highest BCUT2D eigenvalue weighted by molar-refractivity contribution is 5.79. The number of hydrogen-bond acceptors (Lipinski definition) is 5. The molecule has 0 radical (unpaired) electrons. The quantitative estimate of drug-likeness (QED) is 0.659. The lowest BCUT2D eigenvalue weighted by Gasteiger charge is -2.32. The molecule has 7 heteroatoms. The molecule has 0 spiro atoms. The molecule has 0 unspecified atom stereocenters. The molecule has 1 fully saturated rings. The van der Waals surface area contributed by atoms with Gasteiger partial charge in [-0.05, 0) is 43.0 Å². The highest BCUT2D eigenvalue weighted by atomic mass is 16.6. The number of carbonyl (C=O) groups excluding carboxylic acids is 1. The van der Waals surface area contributed by atoms with E-state index in [1.807, 2.05) is 30.0 Å². The number of nitro groups is 1. The molecule has 0 atom stereocenters. The van der Waals surface area contributed by atoms with Crippen molar-refractivity contribution in [2.24, 2.45) is 5.92 Å². The smallest absolute Gasteiger partial charge is 0.292 e. The summed E-state index contributed by atoms with van der Waals surface area (Å²) in [6.45, 7) is 3.58. The molecule has 2 heterocycles. The average Bonchev–Trinajstić information content (AvgIpc) is 2.67. The van der Waals surface area contributed by atoms with Crippen molar-refractivity contribution in [3.8, 4) is 0 Å². The normalized spacial score (nSPS) is 14.9. The van der Waals surface area contributed by atoms with Crippen LogP contribution in [-0.2, 0) is 11.3 Å². The third-order valence-electron chi connectivity index (χ3n) is 4.72.